The topological polar surface area (TPSA) is 0 Å². The first-order chi connectivity index (χ1) is 13.7. The molecular weight excluding hydrogens is 403 g/mol. The Hall–Kier alpha value is -1.36. The van der Waals surface area contributed by atoms with Gasteiger partial charge < -0.3 is 0 Å². The van der Waals surface area contributed by atoms with Crippen LogP contribution in [0.3, 0.4) is 0 Å². The average Bonchev–Trinajstić information content (AvgIpc) is 2.58. The highest BCUT2D eigenvalue weighted by atomic mass is 35.5. The van der Waals surface area contributed by atoms with Crippen molar-refractivity contribution in [2.24, 2.45) is 5.41 Å². The molecule has 0 spiro atoms. The normalized spacial score (nSPS) is 18.6. The molecule has 3 rings (SSSR count). The molecule has 0 N–H and O–H groups in total. The highest BCUT2D eigenvalue weighted by Gasteiger charge is 2.38. The third kappa shape index (κ3) is 5.09. The summed E-state index contributed by atoms with van der Waals surface area (Å²) in [6.07, 6.45) is 4.76. The van der Waals surface area contributed by atoms with Crippen molar-refractivity contribution in [3.05, 3.63) is 75.6 Å². The monoisotopic (exact) mass is 438 g/mol. The first-order valence-electron chi connectivity index (χ1n) is 10.8. The van der Waals surface area contributed by atoms with Crippen molar-refractivity contribution in [2.45, 2.75) is 73.1 Å². The molecule has 0 aliphatic carbocycles. The first kappa shape index (κ1) is 23.3. The molecule has 0 aromatic heterocycles. The zero-order chi connectivity index (χ0) is 22.5. The van der Waals surface area contributed by atoms with Crippen LogP contribution in [0.25, 0.3) is 11.4 Å². The SMILES string of the molecule is CC(C)(C)/C=C1/c2cc(C(C)(C)C)cc(C(C)(C)C)c2P1/C=C\c1ccc(Cl)cc1. The fourth-order valence-electron chi connectivity index (χ4n) is 3.74. The molecule has 1 heterocycles. The van der Waals surface area contributed by atoms with Crippen molar-refractivity contribution in [2.75, 3.05) is 0 Å². The van der Waals surface area contributed by atoms with Crippen molar-refractivity contribution >= 4 is 36.2 Å². The molecule has 0 saturated carbocycles. The maximum absolute atomic E-state index is 6.07. The molecule has 1 unspecified atom stereocenters. The van der Waals surface area contributed by atoms with E-state index in [0.717, 1.165) is 5.02 Å². The fraction of sp³-hybridized carbons (Fsp3) is 0.429. The summed E-state index contributed by atoms with van der Waals surface area (Å²) in [7, 11) is -0.458. The number of rotatable bonds is 2. The van der Waals surface area contributed by atoms with Crippen LogP contribution in [0.5, 0.6) is 0 Å². The van der Waals surface area contributed by atoms with Crippen LogP contribution in [-0.2, 0) is 10.8 Å². The van der Waals surface area contributed by atoms with E-state index in [-0.39, 0.29) is 16.2 Å². The minimum absolute atomic E-state index is 0.118. The van der Waals surface area contributed by atoms with Crippen LogP contribution in [0.2, 0.25) is 5.02 Å². The van der Waals surface area contributed by atoms with Gasteiger partial charge >= 0.3 is 0 Å². The van der Waals surface area contributed by atoms with Crippen molar-refractivity contribution in [1.29, 1.82) is 0 Å². The molecule has 160 valence electrons. The van der Waals surface area contributed by atoms with Gasteiger partial charge in [-0.25, -0.2) is 0 Å². The Labute approximate surface area is 190 Å². The average molecular weight is 439 g/mol. The number of hydrogen-bond donors (Lipinski definition) is 0. The molecule has 1 aliphatic heterocycles. The predicted octanol–water partition coefficient (Wildman–Crippen LogP) is 9.11. The number of allylic oxidation sites excluding steroid dienone is 1. The number of hydrogen-bond acceptors (Lipinski definition) is 0. The zero-order valence-corrected chi connectivity index (χ0v) is 21.7. The molecule has 0 saturated heterocycles. The third-order valence-electron chi connectivity index (χ3n) is 5.42. The van der Waals surface area contributed by atoms with Gasteiger partial charge in [-0.3, -0.25) is 0 Å². The molecule has 0 amide bonds. The van der Waals surface area contributed by atoms with Gasteiger partial charge in [0, 0.05) is 5.02 Å². The van der Waals surface area contributed by atoms with Gasteiger partial charge in [-0.15, -0.1) is 0 Å². The molecule has 0 fully saturated rings. The Bertz CT molecular complexity index is 987. The lowest BCUT2D eigenvalue weighted by Crippen LogP contribution is -2.31. The fourth-order valence-corrected chi connectivity index (χ4v) is 6.63. The van der Waals surface area contributed by atoms with Crippen LogP contribution >= 0.6 is 19.5 Å². The standard InChI is InChI=1S/C28H36ClP/c1-26(2,3)18-24-22-16-20(27(4,5)6)17-23(28(7,8)9)25(22)30(24)15-14-19-10-12-21(29)13-11-19/h10-18H,1-9H3/b15-14-,24-18-. The van der Waals surface area contributed by atoms with Gasteiger partial charge in [-0.2, -0.15) is 0 Å². The van der Waals surface area contributed by atoms with Crippen molar-refractivity contribution in [3.63, 3.8) is 0 Å². The van der Waals surface area contributed by atoms with Crippen LogP contribution in [0.4, 0.5) is 0 Å². The van der Waals surface area contributed by atoms with Gasteiger partial charge in [-0.1, -0.05) is 110 Å². The van der Waals surface area contributed by atoms with E-state index in [9.17, 15) is 0 Å². The Balaban J connectivity index is 2.18. The van der Waals surface area contributed by atoms with Crippen molar-refractivity contribution in [3.8, 4) is 0 Å². The minimum atomic E-state index is -0.458. The molecule has 0 nitrogen and oxygen atoms in total. The summed E-state index contributed by atoms with van der Waals surface area (Å²) < 4.78 is 0. The minimum Gasteiger partial charge on any atom is -0.0843 e. The van der Waals surface area contributed by atoms with E-state index < -0.39 is 7.92 Å². The summed E-state index contributed by atoms with van der Waals surface area (Å²) in [6.45, 7) is 20.9. The van der Waals surface area contributed by atoms with Crippen LogP contribution < -0.4 is 5.30 Å². The van der Waals surface area contributed by atoms with Crippen molar-refractivity contribution in [1.82, 2.24) is 0 Å². The smallest absolute Gasteiger partial charge is 0.0406 e. The van der Waals surface area contributed by atoms with Gasteiger partial charge in [0.25, 0.3) is 0 Å². The highest BCUT2D eigenvalue weighted by Crippen LogP contribution is 2.63. The van der Waals surface area contributed by atoms with E-state index in [1.165, 1.54) is 27.6 Å². The molecule has 2 aromatic carbocycles. The Morgan fingerprint density at radius 3 is 1.90 bits per heavy atom. The molecule has 1 atom stereocenters. The lowest BCUT2D eigenvalue weighted by atomic mass is 9.79. The molecule has 0 bridgehead atoms. The molecular formula is C28H36ClP. The molecule has 0 radical (unpaired) electrons. The van der Waals surface area contributed by atoms with Crippen LogP contribution in [0.15, 0.2) is 48.3 Å². The van der Waals surface area contributed by atoms with E-state index in [0.29, 0.717) is 0 Å². The summed E-state index contributed by atoms with van der Waals surface area (Å²) in [5.74, 6) is 2.44. The quantitative estimate of drug-likeness (QED) is 0.410. The molecule has 30 heavy (non-hydrogen) atoms. The van der Waals surface area contributed by atoms with Gasteiger partial charge in [0.1, 0.15) is 0 Å². The van der Waals surface area contributed by atoms with Crippen molar-refractivity contribution < 1.29 is 0 Å². The second kappa shape index (κ2) is 7.96. The zero-order valence-electron chi connectivity index (χ0n) is 20.0. The third-order valence-corrected chi connectivity index (χ3v) is 7.97. The van der Waals surface area contributed by atoms with Crippen LogP contribution in [0, 0.1) is 5.41 Å². The Morgan fingerprint density at radius 1 is 0.800 bits per heavy atom. The summed E-state index contributed by atoms with van der Waals surface area (Å²) in [6, 6.07) is 13.0. The lowest BCUT2D eigenvalue weighted by Gasteiger charge is -2.41. The summed E-state index contributed by atoms with van der Waals surface area (Å²) in [4.78, 5) is 0. The summed E-state index contributed by atoms with van der Waals surface area (Å²) >= 11 is 6.07. The van der Waals surface area contributed by atoms with Gasteiger partial charge in [0.2, 0.25) is 0 Å². The van der Waals surface area contributed by atoms with E-state index in [1.54, 1.807) is 5.30 Å². The number of halogens is 1. The molecule has 2 aromatic rings. The predicted molar refractivity (Wildman–Crippen MR) is 138 cm³/mol. The van der Waals surface area contributed by atoms with E-state index >= 15 is 0 Å². The second-order valence-electron chi connectivity index (χ2n) is 11.6. The largest absolute Gasteiger partial charge is 0.0843 e. The Kier molecular flexibility index (Phi) is 6.18. The highest BCUT2D eigenvalue weighted by molar-refractivity contribution is 7.81. The first-order valence-corrected chi connectivity index (χ1v) is 12.6. The molecule has 2 heteroatoms. The number of benzene rings is 2. The van der Waals surface area contributed by atoms with Crippen LogP contribution in [-0.4, -0.2) is 0 Å². The van der Waals surface area contributed by atoms with E-state index in [2.05, 4.69) is 105 Å². The van der Waals surface area contributed by atoms with Gasteiger partial charge in [-0.05, 0) is 75.2 Å². The van der Waals surface area contributed by atoms with Gasteiger partial charge in [0.15, 0.2) is 0 Å². The number of fused-ring (bicyclic) bond motifs is 1. The van der Waals surface area contributed by atoms with E-state index in [1.807, 2.05) is 12.1 Å². The summed E-state index contributed by atoms with van der Waals surface area (Å²) in [5.41, 5.74) is 6.02. The Morgan fingerprint density at radius 2 is 1.40 bits per heavy atom. The second-order valence-corrected chi connectivity index (χ2v) is 14.0. The van der Waals surface area contributed by atoms with Gasteiger partial charge in [0.05, 0.1) is 0 Å². The maximum atomic E-state index is 6.07. The van der Waals surface area contributed by atoms with E-state index in [4.69, 9.17) is 11.6 Å². The lowest BCUT2D eigenvalue weighted by molar-refractivity contribution is 0.546. The summed E-state index contributed by atoms with van der Waals surface area (Å²) in [5, 5.41) is 3.87. The van der Waals surface area contributed by atoms with Crippen LogP contribution in [0.1, 0.15) is 84.6 Å². The maximum Gasteiger partial charge on any atom is 0.0406 e. The molecule has 1 aliphatic rings.